The second kappa shape index (κ2) is 4.19. The molecule has 0 N–H and O–H groups in total. The summed E-state index contributed by atoms with van der Waals surface area (Å²) in [6.07, 6.45) is 3.71. The zero-order valence-electron chi connectivity index (χ0n) is 9.41. The molecule has 1 aromatic heterocycles. The van der Waals surface area contributed by atoms with Gasteiger partial charge in [0, 0.05) is 16.8 Å². The molecule has 3 rings (SSSR count). The molecule has 0 radical (unpaired) electrons. The van der Waals surface area contributed by atoms with E-state index in [2.05, 4.69) is 0 Å². The summed E-state index contributed by atoms with van der Waals surface area (Å²) in [7, 11) is 0. The van der Waals surface area contributed by atoms with E-state index in [1.54, 1.807) is 6.07 Å². The minimum absolute atomic E-state index is 0.0464. The molecule has 0 saturated heterocycles. The lowest BCUT2D eigenvalue weighted by molar-refractivity contribution is -0.122. The predicted octanol–water partition coefficient (Wildman–Crippen LogP) is 4.31. The molecule has 17 heavy (non-hydrogen) atoms. The number of rotatable bonds is 1. The van der Waals surface area contributed by atoms with Crippen LogP contribution < -0.4 is 0 Å². The SMILES string of the molecule is O=C1CCCCC1c1cc2cc(Cl)ccc2o1. The van der Waals surface area contributed by atoms with E-state index < -0.39 is 0 Å². The molecule has 88 valence electrons. The van der Waals surface area contributed by atoms with Gasteiger partial charge in [-0.25, -0.2) is 0 Å². The number of halogens is 1. The predicted molar refractivity (Wildman–Crippen MR) is 67.4 cm³/mol. The highest BCUT2D eigenvalue weighted by atomic mass is 35.5. The molecule has 1 heterocycles. The highest BCUT2D eigenvalue weighted by Gasteiger charge is 2.26. The largest absolute Gasteiger partial charge is 0.460 e. The number of hydrogen-bond acceptors (Lipinski definition) is 2. The number of furan rings is 1. The van der Waals surface area contributed by atoms with Gasteiger partial charge in [0.2, 0.25) is 0 Å². The maximum absolute atomic E-state index is 11.9. The van der Waals surface area contributed by atoms with Crippen LogP contribution in [0.4, 0.5) is 0 Å². The lowest BCUT2D eigenvalue weighted by Gasteiger charge is -2.17. The highest BCUT2D eigenvalue weighted by molar-refractivity contribution is 6.31. The molecule has 1 saturated carbocycles. The van der Waals surface area contributed by atoms with Gasteiger partial charge in [0.25, 0.3) is 0 Å². The maximum Gasteiger partial charge on any atom is 0.143 e. The number of hydrogen-bond donors (Lipinski definition) is 0. The molecule has 2 nitrogen and oxygen atoms in total. The number of carbonyl (C=O) groups is 1. The third kappa shape index (κ3) is 1.98. The lowest BCUT2D eigenvalue weighted by atomic mass is 9.86. The third-order valence-electron chi connectivity index (χ3n) is 3.40. The summed E-state index contributed by atoms with van der Waals surface area (Å²) in [5.41, 5.74) is 0.808. The van der Waals surface area contributed by atoms with Gasteiger partial charge in [0.15, 0.2) is 0 Å². The lowest BCUT2D eigenvalue weighted by Crippen LogP contribution is -2.16. The Labute approximate surface area is 105 Å². The van der Waals surface area contributed by atoms with Crippen LogP contribution in [0.1, 0.15) is 37.4 Å². The fraction of sp³-hybridized carbons (Fsp3) is 0.357. The van der Waals surface area contributed by atoms with Gasteiger partial charge < -0.3 is 4.42 Å². The summed E-state index contributed by atoms with van der Waals surface area (Å²) in [5, 5.41) is 1.67. The van der Waals surface area contributed by atoms with Gasteiger partial charge in [-0.05, 0) is 37.1 Å². The molecular formula is C14H13ClO2. The fourth-order valence-corrected chi connectivity index (χ4v) is 2.67. The first-order valence-electron chi connectivity index (χ1n) is 5.96. The van der Waals surface area contributed by atoms with E-state index in [-0.39, 0.29) is 5.92 Å². The summed E-state index contributed by atoms with van der Waals surface area (Å²) >= 11 is 5.93. The van der Waals surface area contributed by atoms with Crippen molar-refractivity contribution in [3.63, 3.8) is 0 Å². The molecule has 0 amide bonds. The van der Waals surface area contributed by atoms with E-state index >= 15 is 0 Å². The molecule has 2 aromatic rings. The summed E-state index contributed by atoms with van der Waals surface area (Å²) in [4.78, 5) is 11.9. The Morgan fingerprint density at radius 3 is 2.94 bits per heavy atom. The molecule has 1 atom stereocenters. The quantitative estimate of drug-likeness (QED) is 0.753. The monoisotopic (exact) mass is 248 g/mol. The molecule has 0 bridgehead atoms. The molecule has 1 aliphatic carbocycles. The standard InChI is InChI=1S/C14H13ClO2/c15-10-5-6-13-9(7-10)8-14(17-13)11-3-1-2-4-12(11)16/h5-8,11H,1-4H2. The molecular weight excluding hydrogens is 236 g/mol. The fourth-order valence-electron chi connectivity index (χ4n) is 2.49. The Morgan fingerprint density at radius 1 is 1.24 bits per heavy atom. The number of fused-ring (bicyclic) bond motifs is 1. The Bertz CT molecular complexity index is 571. The van der Waals surface area contributed by atoms with Gasteiger partial charge in [0.05, 0.1) is 5.92 Å². The summed E-state index contributed by atoms with van der Waals surface area (Å²) in [6.45, 7) is 0. The second-order valence-corrected chi connectivity index (χ2v) is 5.03. The Hall–Kier alpha value is -1.28. The van der Waals surface area contributed by atoms with Gasteiger partial charge >= 0.3 is 0 Å². The zero-order chi connectivity index (χ0) is 11.8. The number of benzene rings is 1. The van der Waals surface area contributed by atoms with Crippen molar-refractivity contribution in [1.29, 1.82) is 0 Å². The van der Waals surface area contributed by atoms with Crippen molar-refractivity contribution >= 4 is 28.4 Å². The van der Waals surface area contributed by atoms with Crippen molar-refractivity contribution < 1.29 is 9.21 Å². The van der Waals surface area contributed by atoms with E-state index in [4.69, 9.17) is 16.0 Å². The van der Waals surface area contributed by atoms with Crippen LogP contribution >= 0.6 is 11.6 Å². The van der Waals surface area contributed by atoms with Crippen LogP contribution in [0.3, 0.4) is 0 Å². The molecule has 1 aliphatic rings. The smallest absolute Gasteiger partial charge is 0.143 e. The van der Waals surface area contributed by atoms with E-state index in [1.807, 2.05) is 18.2 Å². The van der Waals surface area contributed by atoms with Gasteiger partial charge in [-0.15, -0.1) is 0 Å². The summed E-state index contributed by atoms with van der Waals surface area (Å²) in [5.74, 6) is 1.06. The van der Waals surface area contributed by atoms with Crippen molar-refractivity contribution in [1.82, 2.24) is 0 Å². The van der Waals surface area contributed by atoms with Crippen molar-refractivity contribution in [2.75, 3.05) is 0 Å². The van der Waals surface area contributed by atoms with Crippen molar-refractivity contribution in [2.24, 2.45) is 0 Å². The van der Waals surface area contributed by atoms with E-state index in [9.17, 15) is 4.79 Å². The van der Waals surface area contributed by atoms with E-state index in [0.29, 0.717) is 17.2 Å². The molecule has 0 spiro atoms. The Balaban J connectivity index is 2.02. The zero-order valence-corrected chi connectivity index (χ0v) is 10.2. The second-order valence-electron chi connectivity index (χ2n) is 4.60. The van der Waals surface area contributed by atoms with Crippen LogP contribution in [0, 0.1) is 0 Å². The summed E-state index contributed by atoms with van der Waals surface area (Å²) in [6, 6.07) is 7.49. The average molecular weight is 249 g/mol. The van der Waals surface area contributed by atoms with Crippen LogP contribution in [0.2, 0.25) is 5.02 Å². The van der Waals surface area contributed by atoms with Gasteiger partial charge in [0.1, 0.15) is 17.1 Å². The van der Waals surface area contributed by atoms with Crippen molar-refractivity contribution in [2.45, 2.75) is 31.6 Å². The van der Waals surface area contributed by atoms with Gasteiger partial charge in [-0.2, -0.15) is 0 Å². The topological polar surface area (TPSA) is 30.2 Å². The molecule has 3 heteroatoms. The highest BCUT2D eigenvalue weighted by Crippen LogP contribution is 2.34. The third-order valence-corrected chi connectivity index (χ3v) is 3.63. The Kier molecular flexibility index (Phi) is 2.67. The van der Waals surface area contributed by atoms with Gasteiger partial charge in [-0.1, -0.05) is 18.0 Å². The van der Waals surface area contributed by atoms with Crippen LogP contribution in [-0.4, -0.2) is 5.78 Å². The first kappa shape index (κ1) is 10.8. The minimum Gasteiger partial charge on any atom is -0.460 e. The van der Waals surface area contributed by atoms with Crippen LogP contribution in [-0.2, 0) is 4.79 Å². The van der Waals surface area contributed by atoms with Crippen molar-refractivity contribution in [3.05, 3.63) is 35.0 Å². The molecule has 0 aliphatic heterocycles. The van der Waals surface area contributed by atoms with Crippen LogP contribution in [0.15, 0.2) is 28.7 Å². The number of carbonyl (C=O) groups excluding carboxylic acids is 1. The van der Waals surface area contributed by atoms with Crippen molar-refractivity contribution in [3.8, 4) is 0 Å². The molecule has 1 aromatic carbocycles. The van der Waals surface area contributed by atoms with Gasteiger partial charge in [-0.3, -0.25) is 4.79 Å². The summed E-state index contributed by atoms with van der Waals surface area (Å²) < 4.78 is 5.75. The van der Waals surface area contributed by atoms with E-state index in [1.165, 1.54) is 0 Å². The Morgan fingerprint density at radius 2 is 2.12 bits per heavy atom. The maximum atomic E-state index is 11.9. The van der Waals surface area contributed by atoms with Crippen LogP contribution in [0.5, 0.6) is 0 Å². The molecule has 1 fully saturated rings. The first-order valence-corrected chi connectivity index (χ1v) is 6.33. The first-order chi connectivity index (χ1) is 8.24. The normalized spacial score (nSPS) is 21.0. The minimum atomic E-state index is -0.0464. The average Bonchev–Trinajstić information content (AvgIpc) is 2.72. The number of Topliss-reactive ketones (excluding diaryl/α,β-unsaturated/α-hetero) is 1. The van der Waals surface area contributed by atoms with Crippen LogP contribution in [0.25, 0.3) is 11.0 Å². The van der Waals surface area contributed by atoms with E-state index in [0.717, 1.165) is 36.0 Å². The molecule has 1 unspecified atom stereocenters. The number of ketones is 1.